The zero-order valence-corrected chi connectivity index (χ0v) is 14.7. The first-order chi connectivity index (χ1) is 12.3. The third-order valence-corrected chi connectivity index (χ3v) is 4.09. The Bertz CT molecular complexity index is 740. The summed E-state index contributed by atoms with van der Waals surface area (Å²) in [5, 5.41) is 32.8. The van der Waals surface area contributed by atoms with Crippen LogP contribution < -0.4 is 10.1 Å². The molecule has 2 rings (SSSR count). The lowest BCUT2D eigenvalue weighted by Crippen LogP contribution is -2.33. The molecule has 1 aromatic carbocycles. The molecular formula is C19H23NO6. The van der Waals surface area contributed by atoms with Crippen molar-refractivity contribution in [2.24, 2.45) is 5.92 Å². The minimum absolute atomic E-state index is 0.00463. The van der Waals surface area contributed by atoms with Gasteiger partial charge in [0.15, 0.2) is 5.78 Å². The maximum absolute atomic E-state index is 12.5. The molecular weight excluding hydrogens is 338 g/mol. The van der Waals surface area contributed by atoms with Gasteiger partial charge in [-0.2, -0.15) is 0 Å². The second kappa shape index (κ2) is 8.64. The van der Waals surface area contributed by atoms with Crippen molar-refractivity contribution in [3.05, 3.63) is 41.5 Å². The van der Waals surface area contributed by atoms with Crippen molar-refractivity contribution >= 4 is 17.8 Å². The Labute approximate surface area is 151 Å². The number of fused-ring (bicyclic) bond motifs is 1. The number of nitrogens with one attached hydrogen (secondary N) is 1. The van der Waals surface area contributed by atoms with Crippen molar-refractivity contribution in [3.8, 4) is 11.5 Å². The van der Waals surface area contributed by atoms with Crippen LogP contribution in [0.3, 0.4) is 0 Å². The van der Waals surface area contributed by atoms with E-state index >= 15 is 0 Å². The van der Waals surface area contributed by atoms with Gasteiger partial charge in [0.1, 0.15) is 17.6 Å². The van der Waals surface area contributed by atoms with Crippen LogP contribution in [0.4, 0.5) is 0 Å². The SMILES string of the molecule is COc1cc(O)c2c(c1)/C=C/C[C@H](O)C(O)C(=O)/C=C\[C@@H](C)CNC2=O. The summed E-state index contributed by atoms with van der Waals surface area (Å²) in [4.78, 5) is 24.4. The standard InChI is InChI=1S/C19H23NO6/c1-11-6-7-15(22)18(24)14(21)5-3-4-12-8-13(26-2)9-16(23)17(12)19(25)20-10-11/h3-4,6-9,11,14,18,21,23-24H,5,10H2,1-2H3,(H,20,25)/b4-3+,7-6-/t11-,14+,18?/m1/s1. The van der Waals surface area contributed by atoms with Gasteiger partial charge < -0.3 is 25.4 Å². The van der Waals surface area contributed by atoms with Crippen LogP contribution in [0.1, 0.15) is 29.3 Å². The minimum atomic E-state index is -1.53. The van der Waals surface area contributed by atoms with Gasteiger partial charge in [-0.3, -0.25) is 9.59 Å². The Hall–Kier alpha value is -2.64. The molecule has 140 valence electrons. The molecule has 0 spiro atoms. The molecule has 0 fully saturated rings. The summed E-state index contributed by atoms with van der Waals surface area (Å²) in [7, 11) is 1.44. The first kappa shape index (κ1) is 19.7. The minimum Gasteiger partial charge on any atom is -0.507 e. The molecule has 0 saturated heterocycles. The van der Waals surface area contributed by atoms with Crippen LogP contribution in [0.25, 0.3) is 6.08 Å². The quantitative estimate of drug-likeness (QED) is 0.594. The number of rotatable bonds is 1. The molecule has 1 aliphatic rings. The van der Waals surface area contributed by atoms with Gasteiger partial charge in [-0.15, -0.1) is 0 Å². The van der Waals surface area contributed by atoms with E-state index in [1.165, 1.54) is 31.4 Å². The molecule has 0 saturated carbocycles. The van der Waals surface area contributed by atoms with Crippen molar-refractivity contribution in [3.63, 3.8) is 0 Å². The average Bonchev–Trinajstić information content (AvgIpc) is 2.62. The Balaban J connectivity index is 2.44. The molecule has 0 aromatic heterocycles. The molecule has 1 aliphatic heterocycles. The van der Waals surface area contributed by atoms with E-state index in [1.54, 1.807) is 19.1 Å². The predicted molar refractivity (Wildman–Crippen MR) is 96.0 cm³/mol. The summed E-state index contributed by atoms with van der Waals surface area (Å²) in [6.45, 7) is 2.02. The molecule has 1 heterocycles. The topological polar surface area (TPSA) is 116 Å². The van der Waals surface area contributed by atoms with Crippen molar-refractivity contribution in [2.75, 3.05) is 13.7 Å². The van der Waals surface area contributed by atoms with Gasteiger partial charge in [-0.25, -0.2) is 0 Å². The zero-order chi connectivity index (χ0) is 19.3. The third kappa shape index (κ3) is 4.71. The average molecular weight is 361 g/mol. The number of carbonyl (C=O) groups excluding carboxylic acids is 2. The highest BCUT2D eigenvalue weighted by atomic mass is 16.5. The van der Waals surface area contributed by atoms with Crippen LogP contribution in [0.5, 0.6) is 11.5 Å². The van der Waals surface area contributed by atoms with Gasteiger partial charge in [0.2, 0.25) is 0 Å². The fourth-order valence-corrected chi connectivity index (χ4v) is 2.54. The molecule has 3 atom stereocenters. The van der Waals surface area contributed by atoms with E-state index < -0.39 is 23.9 Å². The molecule has 0 aliphatic carbocycles. The van der Waals surface area contributed by atoms with E-state index in [0.29, 0.717) is 11.3 Å². The lowest BCUT2D eigenvalue weighted by Gasteiger charge is -2.16. The van der Waals surface area contributed by atoms with E-state index in [-0.39, 0.29) is 30.2 Å². The smallest absolute Gasteiger partial charge is 0.255 e. The molecule has 4 N–H and O–H groups in total. The van der Waals surface area contributed by atoms with Crippen molar-refractivity contribution in [1.29, 1.82) is 0 Å². The number of methoxy groups -OCH3 is 1. The molecule has 7 nitrogen and oxygen atoms in total. The summed E-state index contributed by atoms with van der Waals surface area (Å²) in [5.41, 5.74) is 0.481. The number of phenolic OH excluding ortho intramolecular Hbond substituents is 1. The van der Waals surface area contributed by atoms with Gasteiger partial charge in [-0.05, 0) is 30.0 Å². The molecule has 1 unspecified atom stereocenters. The monoisotopic (exact) mass is 361 g/mol. The second-order valence-electron chi connectivity index (χ2n) is 6.21. The maximum Gasteiger partial charge on any atom is 0.255 e. The van der Waals surface area contributed by atoms with Crippen LogP contribution in [0.2, 0.25) is 0 Å². The van der Waals surface area contributed by atoms with E-state index in [4.69, 9.17) is 4.74 Å². The van der Waals surface area contributed by atoms with Gasteiger partial charge in [0.25, 0.3) is 5.91 Å². The number of ether oxygens (including phenoxy) is 1. The Morgan fingerprint density at radius 2 is 1.92 bits per heavy atom. The largest absolute Gasteiger partial charge is 0.507 e. The Morgan fingerprint density at radius 1 is 1.19 bits per heavy atom. The maximum atomic E-state index is 12.5. The van der Waals surface area contributed by atoms with Crippen LogP contribution >= 0.6 is 0 Å². The molecule has 7 heteroatoms. The molecule has 26 heavy (non-hydrogen) atoms. The van der Waals surface area contributed by atoms with Crippen molar-refractivity contribution in [2.45, 2.75) is 25.6 Å². The Morgan fingerprint density at radius 3 is 2.62 bits per heavy atom. The highest BCUT2D eigenvalue weighted by molar-refractivity contribution is 6.00. The van der Waals surface area contributed by atoms with Crippen molar-refractivity contribution in [1.82, 2.24) is 5.32 Å². The lowest BCUT2D eigenvalue weighted by atomic mass is 10.0. The van der Waals surface area contributed by atoms with Gasteiger partial charge >= 0.3 is 0 Å². The lowest BCUT2D eigenvalue weighted by molar-refractivity contribution is -0.127. The fourth-order valence-electron chi connectivity index (χ4n) is 2.54. The van der Waals surface area contributed by atoms with Crippen LogP contribution in [-0.4, -0.2) is 52.9 Å². The van der Waals surface area contributed by atoms with E-state index in [9.17, 15) is 24.9 Å². The van der Waals surface area contributed by atoms with E-state index in [0.717, 1.165) is 0 Å². The summed E-state index contributed by atoms with van der Waals surface area (Å²) < 4.78 is 5.11. The number of aliphatic hydroxyl groups excluding tert-OH is 2. The van der Waals surface area contributed by atoms with Crippen LogP contribution in [-0.2, 0) is 4.79 Å². The molecule has 0 bridgehead atoms. The van der Waals surface area contributed by atoms with Crippen molar-refractivity contribution < 1.29 is 29.6 Å². The number of hydrogen-bond donors (Lipinski definition) is 4. The molecule has 1 amide bonds. The summed E-state index contributed by atoms with van der Waals surface area (Å²) in [6, 6.07) is 2.92. The first-order valence-corrected chi connectivity index (χ1v) is 8.27. The predicted octanol–water partition coefficient (Wildman–Crippen LogP) is 1.03. The van der Waals surface area contributed by atoms with Gasteiger partial charge in [0.05, 0.1) is 18.8 Å². The summed E-state index contributed by atoms with van der Waals surface area (Å²) in [5.74, 6) is -1.11. The second-order valence-corrected chi connectivity index (χ2v) is 6.21. The zero-order valence-electron chi connectivity index (χ0n) is 14.7. The number of phenols is 1. The number of amides is 1. The number of aliphatic hydroxyl groups is 2. The number of hydrogen-bond acceptors (Lipinski definition) is 6. The number of ketones is 1. The Kier molecular flexibility index (Phi) is 6.54. The third-order valence-electron chi connectivity index (χ3n) is 4.09. The van der Waals surface area contributed by atoms with Gasteiger partial charge in [-0.1, -0.05) is 25.2 Å². The van der Waals surface area contributed by atoms with E-state index in [1.807, 2.05) is 0 Å². The van der Waals surface area contributed by atoms with Crippen LogP contribution in [0, 0.1) is 5.92 Å². The fraction of sp³-hybridized carbons (Fsp3) is 0.368. The summed E-state index contributed by atoms with van der Waals surface area (Å²) >= 11 is 0. The number of aromatic hydroxyl groups is 1. The highest BCUT2D eigenvalue weighted by Crippen LogP contribution is 2.29. The highest BCUT2D eigenvalue weighted by Gasteiger charge is 2.22. The summed E-state index contributed by atoms with van der Waals surface area (Å²) in [6.07, 6.45) is 2.99. The molecule has 0 radical (unpaired) electrons. The van der Waals surface area contributed by atoms with E-state index in [2.05, 4.69) is 5.32 Å². The van der Waals surface area contributed by atoms with Gasteiger partial charge in [0, 0.05) is 12.6 Å². The normalized spacial score (nSPS) is 27.0. The molecule has 1 aromatic rings. The number of carbonyl (C=O) groups is 2. The first-order valence-electron chi connectivity index (χ1n) is 8.27. The van der Waals surface area contributed by atoms with Crippen LogP contribution in [0.15, 0.2) is 30.4 Å². The number of benzene rings is 1.